The van der Waals surface area contributed by atoms with E-state index in [2.05, 4.69) is 30.9 Å². The summed E-state index contributed by atoms with van der Waals surface area (Å²) in [5.41, 5.74) is 0.513. The lowest BCUT2D eigenvalue weighted by Gasteiger charge is -2.35. The molecule has 0 spiro atoms. The zero-order chi connectivity index (χ0) is 13.6. The van der Waals surface area contributed by atoms with Crippen molar-refractivity contribution in [3.63, 3.8) is 0 Å². The molecule has 0 aromatic heterocycles. The summed E-state index contributed by atoms with van der Waals surface area (Å²) >= 11 is 2.10. The lowest BCUT2D eigenvalue weighted by atomic mass is 9.88. The van der Waals surface area contributed by atoms with E-state index in [-0.39, 0.29) is 0 Å². The van der Waals surface area contributed by atoms with Gasteiger partial charge in [-0.1, -0.05) is 33.1 Å². The lowest BCUT2D eigenvalue weighted by Crippen LogP contribution is -2.40. The average molecular weight is 285 g/mol. The monoisotopic (exact) mass is 285 g/mol. The Labute approximate surface area is 123 Å². The molecule has 1 saturated heterocycles. The molecule has 0 aromatic carbocycles. The summed E-state index contributed by atoms with van der Waals surface area (Å²) in [4.78, 5) is 0. The van der Waals surface area contributed by atoms with Gasteiger partial charge in [0.1, 0.15) is 0 Å². The third kappa shape index (κ3) is 6.05. The van der Waals surface area contributed by atoms with E-state index in [1.165, 1.54) is 50.0 Å². The molecule has 0 amide bonds. The maximum atomic E-state index is 5.97. The summed E-state index contributed by atoms with van der Waals surface area (Å²) < 4.78 is 5.97. The Morgan fingerprint density at radius 2 is 2.00 bits per heavy atom. The highest BCUT2D eigenvalue weighted by Crippen LogP contribution is 2.33. The molecule has 1 saturated carbocycles. The molecule has 3 heteroatoms. The van der Waals surface area contributed by atoms with E-state index in [9.17, 15) is 0 Å². The number of ether oxygens (including phenoxy) is 1. The Bertz CT molecular complexity index is 251. The quantitative estimate of drug-likeness (QED) is 0.749. The molecule has 1 atom stereocenters. The topological polar surface area (TPSA) is 21.3 Å². The van der Waals surface area contributed by atoms with Gasteiger partial charge in [0.15, 0.2) is 0 Å². The number of thioether (sulfide) groups is 1. The van der Waals surface area contributed by atoms with Crippen molar-refractivity contribution in [1.82, 2.24) is 5.32 Å². The van der Waals surface area contributed by atoms with Gasteiger partial charge in [-0.3, -0.25) is 0 Å². The summed E-state index contributed by atoms with van der Waals surface area (Å²) in [6.07, 6.45) is 9.80. The van der Waals surface area contributed by atoms with Gasteiger partial charge >= 0.3 is 0 Å². The average Bonchev–Trinajstić information content (AvgIpc) is 2.38. The SMILES string of the molecule is CC1(C)CSCC(NCCCOC2CCCCC2)C1. The van der Waals surface area contributed by atoms with E-state index in [0.717, 1.165) is 19.6 Å². The largest absolute Gasteiger partial charge is 0.378 e. The summed E-state index contributed by atoms with van der Waals surface area (Å²) in [5.74, 6) is 2.60. The van der Waals surface area contributed by atoms with Gasteiger partial charge in [-0.05, 0) is 43.4 Å². The normalized spacial score (nSPS) is 28.4. The molecule has 2 fully saturated rings. The van der Waals surface area contributed by atoms with Crippen LogP contribution in [0.1, 0.15) is 58.8 Å². The minimum Gasteiger partial charge on any atom is -0.378 e. The molecule has 0 radical (unpaired) electrons. The molecule has 1 aliphatic carbocycles. The fraction of sp³-hybridized carbons (Fsp3) is 1.00. The standard InChI is InChI=1S/C16H31NOS/c1-16(2)11-14(12-19-13-16)17-9-6-10-18-15-7-4-3-5-8-15/h14-15,17H,3-13H2,1-2H3. The molecule has 112 valence electrons. The molecule has 0 aromatic rings. The second kappa shape index (κ2) is 7.90. The highest BCUT2D eigenvalue weighted by Gasteiger charge is 2.27. The summed E-state index contributed by atoms with van der Waals surface area (Å²) in [6, 6.07) is 0.712. The van der Waals surface area contributed by atoms with Gasteiger partial charge in [0.25, 0.3) is 0 Å². The molecular weight excluding hydrogens is 254 g/mol. The van der Waals surface area contributed by atoms with Crippen LogP contribution in [0.3, 0.4) is 0 Å². The zero-order valence-electron chi connectivity index (χ0n) is 12.7. The second-order valence-electron chi connectivity index (χ2n) is 7.02. The molecule has 19 heavy (non-hydrogen) atoms. The first-order chi connectivity index (χ1) is 9.16. The van der Waals surface area contributed by atoms with E-state index in [4.69, 9.17) is 4.74 Å². The van der Waals surface area contributed by atoms with Crippen LogP contribution in [-0.4, -0.2) is 36.8 Å². The van der Waals surface area contributed by atoms with Crippen molar-refractivity contribution >= 4 is 11.8 Å². The van der Waals surface area contributed by atoms with Gasteiger partial charge in [-0.15, -0.1) is 0 Å². The van der Waals surface area contributed by atoms with Crippen molar-refractivity contribution in [3.8, 4) is 0 Å². The van der Waals surface area contributed by atoms with E-state index in [1.807, 2.05) is 0 Å². The number of nitrogens with one attached hydrogen (secondary N) is 1. The summed E-state index contributed by atoms with van der Waals surface area (Å²) in [6.45, 7) is 6.84. The molecule has 1 unspecified atom stereocenters. The smallest absolute Gasteiger partial charge is 0.0575 e. The van der Waals surface area contributed by atoms with Crippen LogP contribution in [-0.2, 0) is 4.74 Å². The van der Waals surface area contributed by atoms with Gasteiger partial charge in [0.2, 0.25) is 0 Å². The first-order valence-corrected chi connectivity index (χ1v) is 9.24. The minimum atomic E-state index is 0.513. The van der Waals surface area contributed by atoms with Crippen LogP contribution in [0.15, 0.2) is 0 Å². The van der Waals surface area contributed by atoms with Crippen molar-refractivity contribution in [2.24, 2.45) is 5.41 Å². The highest BCUT2D eigenvalue weighted by molar-refractivity contribution is 7.99. The maximum absolute atomic E-state index is 5.97. The number of rotatable bonds is 6. The van der Waals surface area contributed by atoms with Crippen molar-refractivity contribution < 1.29 is 4.74 Å². The fourth-order valence-corrected chi connectivity index (χ4v) is 4.56. The Kier molecular flexibility index (Phi) is 6.51. The van der Waals surface area contributed by atoms with Crippen LogP contribution in [0.2, 0.25) is 0 Å². The third-order valence-corrected chi connectivity index (χ3v) is 5.89. The van der Waals surface area contributed by atoms with Crippen molar-refractivity contribution in [3.05, 3.63) is 0 Å². The first-order valence-electron chi connectivity index (χ1n) is 8.08. The zero-order valence-corrected chi connectivity index (χ0v) is 13.6. The Hall–Kier alpha value is 0.270. The van der Waals surface area contributed by atoms with E-state index < -0.39 is 0 Å². The molecule has 0 bridgehead atoms. The van der Waals surface area contributed by atoms with E-state index >= 15 is 0 Å². The van der Waals surface area contributed by atoms with Crippen LogP contribution >= 0.6 is 11.8 Å². The number of hydrogen-bond donors (Lipinski definition) is 1. The predicted molar refractivity (Wildman–Crippen MR) is 85.0 cm³/mol. The Morgan fingerprint density at radius 1 is 1.21 bits per heavy atom. The Balaban J connectivity index is 1.49. The van der Waals surface area contributed by atoms with Crippen molar-refractivity contribution in [2.75, 3.05) is 24.7 Å². The predicted octanol–water partition coefficient (Wildman–Crippen LogP) is 3.85. The minimum absolute atomic E-state index is 0.513. The fourth-order valence-electron chi connectivity index (χ4n) is 3.25. The molecule has 2 rings (SSSR count). The molecular formula is C16H31NOS. The molecule has 1 heterocycles. The molecule has 1 N–H and O–H groups in total. The van der Waals surface area contributed by atoms with Gasteiger partial charge in [-0.2, -0.15) is 11.8 Å². The molecule has 1 aliphatic heterocycles. The highest BCUT2D eigenvalue weighted by atomic mass is 32.2. The summed E-state index contributed by atoms with van der Waals surface area (Å²) in [5, 5.41) is 3.71. The van der Waals surface area contributed by atoms with Crippen molar-refractivity contribution in [1.29, 1.82) is 0 Å². The molecule has 2 nitrogen and oxygen atoms in total. The van der Waals surface area contributed by atoms with Crippen molar-refractivity contribution in [2.45, 2.75) is 70.9 Å². The van der Waals surface area contributed by atoms with Crippen LogP contribution in [0.25, 0.3) is 0 Å². The maximum Gasteiger partial charge on any atom is 0.0575 e. The van der Waals surface area contributed by atoms with Gasteiger partial charge in [0, 0.05) is 18.4 Å². The number of hydrogen-bond acceptors (Lipinski definition) is 3. The van der Waals surface area contributed by atoms with Gasteiger partial charge in [0.05, 0.1) is 6.10 Å². The lowest BCUT2D eigenvalue weighted by molar-refractivity contribution is 0.0270. The third-order valence-electron chi connectivity index (χ3n) is 4.27. The van der Waals surface area contributed by atoms with Crippen LogP contribution in [0, 0.1) is 5.41 Å². The van der Waals surface area contributed by atoms with E-state index in [1.54, 1.807) is 0 Å². The van der Waals surface area contributed by atoms with Crippen LogP contribution in [0.5, 0.6) is 0 Å². The van der Waals surface area contributed by atoms with E-state index in [0.29, 0.717) is 17.6 Å². The van der Waals surface area contributed by atoms with Gasteiger partial charge in [-0.25, -0.2) is 0 Å². The Morgan fingerprint density at radius 3 is 2.74 bits per heavy atom. The van der Waals surface area contributed by atoms with Crippen LogP contribution < -0.4 is 5.32 Å². The first kappa shape index (κ1) is 15.7. The van der Waals surface area contributed by atoms with Gasteiger partial charge < -0.3 is 10.1 Å². The summed E-state index contributed by atoms with van der Waals surface area (Å²) in [7, 11) is 0. The van der Waals surface area contributed by atoms with Crippen LogP contribution in [0.4, 0.5) is 0 Å². The second-order valence-corrected chi connectivity index (χ2v) is 8.05. The molecule has 2 aliphatic rings.